The molecule has 2 heteroatoms. The predicted molar refractivity (Wildman–Crippen MR) is 63.0 cm³/mol. The van der Waals surface area contributed by atoms with Crippen molar-refractivity contribution >= 4 is 10.8 Å². The quantitative estimate of drug-likeness (QED) is 0.728. The van der Waals surface area contributed by atoms with Crippen LogP contribution in [-0.4, -0.2) is 19.3 Å². The van der Waals surface area contributed by atoms with Gasteiger partial charge in [-0.2, -0.15) is 0 Å². The molecule has 1 heterocycles. The van der Waals surface area contributed by atoms with E-state index >= 15 is 0 Å². The zero-order valence-corrected chi connectivity index (χ0v) is 8.93. The third-order valence-electron chi connectivity index (χ3n) is 2.72. The number of epoxide rings is 1. The van der Waals surface area contributed by atoms with Crippen LogP contribution in [0.5, 0.6) is 0 Å². The van der Waals surface area contributed by atoms with E-state index in [0.717, 1.165) is 12.2 Å². The zero-order valence-electron chi connectivity index (χ0n) is 8.93. The van der Waals surface area contributed by atoms with Gasteiger partial charge < -0.3 is 9.47 Å². The van der Waals surface area contributed by atoms with E-state index in [4.69, 9.17) is 9.47 Å². The summed E-state index contributed by atoms with van der Waals surface area (Å²) in [4.78, 5) is 0. The van der Waals surface area contributed by atoms with Crippen LogP contribution in [0.1, 0.15) is 5.56 Å². The van der Waals surface area contributed by atoms with Gasteiger partial charge in [0.15, 0.2) is 0 Å². The van der Waals surface area contributed by atoms with E-state index in [1.165, 1.54) is 10.8 Å². The minimum Gasteiger partial charge on any atom is -0.371 e. The topological polar surface area (TPSA) is 21.8 Å². The molecule has 0 saturated carbocycles. The Kier molecular flexibility index (Phi) is 2.60. The van der Waals surface area contributed by atoms with Gasteiger partial charge in [-0.15, -0.1) is 0 Å². The largest absolute Gasteiger partial charge is 0.371 e. The Morgan fingerprint density at radius 1 is 1.19 bits per heavy atom. The Hall–Kier alpha value is -1.38. The molecule has 3 rings (SSSR count). The summed E-state index contributed by atoms with van der Waals surface area (Å²) < 4.78 is 10.6. The van der Waals surface area contributed by atoms with Gasteiger partial charge in [0, 0.05) is 0 Å². The maximum Gasteiger partial charge on any atom is 0.114 e. The average molecular weight is 213 g/mol. The number of rotatable bonds is 4. The van der Waals surface area contributed by atoms with Crippen molar-refractivity contribution in [2.45, 2.75) is 6.10 Å². The van der Waals surface area contributed by atoms with E-state index in [1.54, 1.807) is 0 Å². The molecule has 81 valence electrons. The molecular weight excluding hydrogens is 200 g/mol. The summed E-state index contributed by atoms with van der Waals surface area (Å²) in [6.07, 6.45) is 0.311. The van der Waals surface area contributed by atoms with Crippen LogP contribution in [0.2, 0.25) is 0 Å². The Morgan fingerprint density at radius 3 is 2.88 bits per heavy atom. The molecule has 2 nitrogen and oxygen atoms in total. The molecule has 1 aliphatic heterocycles. The third-order valence-corrected chi connectivity index (χ3v) is 2.72. The first-order valence-electron chi connectivity index (χ1n) is 5.48. The van der Waals surface area contributed by atoms with Gasteiger partial charge >= 0.3 is 0 Å². The van der Waals surface area contributed by atoms with Crippen molar-refractivity contribution in [1.82, 2.24) is 0 Å². The molecule has 0 aromatic heterocycles. The highest BCUT2D eigenvalue weighted by Gasteiger charge is 2.22. The van der Waals surface area contributed by atoms with Gasteiger partial charge in [0.1, 0.15) is 12.7 Å². The second-order valence-electron chi connectivity index (χ2n) is 3.97. The van der Waals surface area contributed by atoms with Gasteiger partial charge in [-0.3, -0.25) is 0 Å². The van der Waals surface area contributed by atoms with Crippen LogP contribution in [0.25, 0.3) is 10.8 Å². The van der Waals surface area contributed by atoms with E-state index < -0.39 is 0 Å². The molecule has 16 heavy (non-hydrogen) atoms. The monoisotopic (exact) mass is 213 g/mol. The second-order valence-corrected chi connectivity index (χ2v) is 3.97. The van der Waals surface area contributed by atoms with Crippen LogP contribution in [0, 0.1) is 6.61 Å². The van der Waals surface area contributed by atoms with Crippen LogP contribution >= 0.6 is 0 Å². The minimum atomic E-state index is 0.311. The maximum atomic E-state index is 5.50. The van der Waals surface area contributed by atoms with E-state index in [2.05, 4.69) is 24.3 Å². The summed E-state index contributed by atoms with van der Waals surface area (Å²) in [6.45, 7) is 3.32. The van der Waals surface area contributed by atoms with E-state index in [1.807, 2.05) is 24.8 Å². The Bertz CT molecular complexity index is 484. The van der Waals surface area contributed by atoms with E-state index in [-0.39, 0.29) is 0 Å². The summed E-state index contributed by atoms with van der Waals surface area (Å²) in [5, 5.41) is 2.46. The number of hydrogen-bond acceptors (Lipinski definition) is 2. The lowest BCUT2D eigenvalue weighted by molar-refractivity contribution is 0.183. The fraction of sp³-hybridized carbons (Fsp3) is 0.214. The molecule has 0 N–H and O–H groups in total. The third kappa shape index (κ3) is 2.08. The number of benzene rings is 2. The Labute approximate surface area is 94.8 Å². The first-order chi connectivity index (χ1) is 7.93. The Morgan fingerprint density at radius 2 is 2.00 bits per heavy atom. The molecular formula is C14H13O2. The summed E-state index contributed by atoms with van der Waals surface area (Å²) in [7, 11) is 0. The fourth-order valence-corrected chi connectivity index (χ4v) is 1.76. The lowest BCUT2D eigenvalue weighted by Crippen LogP contribution is -1.99. The maximum absolute atomic E-state index is 5.50. The first-order valence-corrected chi connectivity index (χ1v) is 5.48. The van der Waals surface area contributed by atoms with E-state index in [0.29, 0.717) is 12.7 Å². The fourth-order valence-electron chi connectivity index (χ4n) is 1.76. The van der Waals surface area contributed by atoms with Crippen molar-refractivity contribution in [3.63, 3.8) is 0 Å². The van der Waals surface area contributed by atoms with Crippen LogP contribution in [0.3, 0.4) is 0 Å². The van der Waals surface area contributed by atoms with Crippen molar-refractivity contribution in [1.29, 1.82) is 0 Å². The van der Waals surface area contributed by atoms with Crippen molar-refractivity contribution in [3.05, 3.63) is 54.6 Å². The van der Waals surface area contributed by atoms with E-state index in [9.17, 15) is 0 Å². The van der Waals surface area contributed by atoms with Gasteiger partial charge in [-0.25, -0.2) is 0 Å². The molecule has 2 aromatic rings. The zero-order chi connectivity index (χ0) is 10.8. The van der Waals surface area contributed by atoms with Gasteiger partial charge in [-0.05, 0) is 16.3 Å². The molecule has 1 aliphatic rings. The van der Waals surface area contributed by atoms with Crippen molar-refractivity contribution in [2.24, 2.45) is 0 Å². The van der Waals surface area contributed by atoms with Crippen LogP contribution in [0.15, 0.2) is 42.5 Å². The predicted octanol–water partition coefficient (Wildman–Crippen LogP) is 2.77. The number of ether oxygens (including phenoxy) is 2. The molecule has 0 aliphatic carbocycles. The molecule has 1 saturated heterocycles. The average Bonchev–Trinajstić information content (AvgIpc) is 3.13. The minimum absolute atomic E-state index is 0.311. The van der Waals surface area contributed by atoms with Gasteiger partial charge in [0.2, 0.25) is 0 Å². The SMILES string of the molecule is [CH](OCC1CO1)c1cccc2ccccc12. The molecule has 1 fully saturated rings. The molecule has 1 unspecified atom stereocenters. The molecule has 2 aromatic carbocycles. The Balaban J connectivity index is 1.79. The van der Waals surface area contributed by atoms with Crippen LogP contribution in [0.4, 0.5) is 0 Å². The number of fused-ring (bicyclic) bond motifs is 1. The summed E-state index contributed by atoms with van der Waals surface area (Å²) in [5.74, 6) is 0. The molecule has 0 amide bonds. The van der Waals surface area contributed by atoms with Crippen molar-refractivity contribution in [3.8, 4) is 0 Å². The molecule has 1 radical (unpaired) electrons. The van der Waals surface area contributed by atoms with Crippen molar-refractivity contribution < 1.29 is 9.47 Å². The van der Waals surface area contributed by atoms with Crippen LogP contribution in [-0.2, 0) is 9.47 Å². The highest BCUT2D eigenvalue weighted by molar-refractivity contribution is 5.86. The lowest BCUT2D eigenvalue weighted by Gasteiger charge is -2.05. The summed E-state index contributed by atoms with van der Waals surface area (Å²) in [6, 6.07) is 14.5. The standard InChI is InChI=1S/C14H13O2/c1-2-7-14-11(4-1)5-3-6-12(14)8-15-9-13-10-16-13/h1-8,13H,9-10H2. The van der Waals surface area contributed by atoms with Crippen LogP contribution < -0.4 is 0 Å². The van der Waals surface area contributed by atoms with Crippen molar-refractivity contribution in [2.75, 3.05) is 13.2 Å². The number of hydrogen-bond donors (Lipinski definition) is 0. The normalized spacial score (nSPS) is 18.9. The van der Waals surface area contributed by atoms with Gasteiger partial charge in [0.25, 0.3) is 0 Å². The highest BCUT2D eigenvalue weighted by atomic mass is 16.6. The molecule has 0 bridgehead atoms. The summed E-state index contributed by atoms with van der Waals surface area (Å²) >= 11 is 0. The highest BCUT2D eigenvalue weighted by Crippen LogP contribution is 2.20. The smallest absolute Gasteiger partial charge is 0.114 e. The van der Waals surface area contributed by atoms with Gasteiger partial charge in [0.05, 0.1) is 13.2 Å². The molecule has 1 atom stereocenters. The first kappa shape index (κ1) is 9.82. The molecule has 0 spiro atoms. The van der Waals surface area contributed by atoms with Gasteiger partial charge in [-0.1, -0.05) is 42.5 Å². The lowest BCUT2D eigenvalue weighted by atomic mass is 10.1. The second kappa shape index (κ2) is 4.24. The summed E-state index contributed by atoms with van der Waals surface area (Å²) in [5.41, 5.74) is 1.12.